The summed E-state index contributed by atoms with van der Waals surface area (Å²) in [4.78, 5) is 4.57. The predicted molar refractivity (Wildman–Crippen MR) is 101 cm³/mol. The van der Waals surface area contributed by atoms with E-state index in [0.29, 0.717) is 19.0 Å². The van der Waals surface area contributed by atoms with Crippen molar-refractivity contribution in [2.24, 2.45) is 4.99 Å². The van der Waals surface area contributed by atoms with Gasteiger partial charge in [-0.15, -0.1) is 0 Å². The molecule has 0 spiro atoms. The molecule has 1 aliphatic carbocycles. The number of halogens is 2. The van der Waals surface area contributed by atoms with Crippen molar-refractivity contribution in [3.05, 3.63) is 23.8 Å². The molecule has 3 N–H and O–H groups in total. The zero-order chi connectivity index (χ0) is 19.6. The molecule has 0 aliphatic heterocycles. The van der Waals surface area contributed by atoms with E-state index in [0.717, 1.165) is 43.8 Å². The van der Waals surface area contributed by atoms with Crippen LogP contribution in [0.15, 0.2) is 23.2 Å². The van der Waals surface area contributed by atoms with Crippen molar-refractivity contribution in [1.82, 2.24) is 10.6 Å². The minimum Gasteiger partial charge on any atom is -0.493 e. The van der Waals surface area contributed by atoms with Gasteiger partial charge >= 0.3 is 6.61 Å². The van der Waals surface area contributed by atoms with Gasteiger partial charge in [0.05, 0.1) is 13.2 Å². The highest BCUT2D eigenvalue weighted by atomic mass is 19.3. The van der Waals surface area contributed by atoms with Crippen LogP contribution in [0.25, 0.3) is 0 Å². The lowest BCUT2D eigenvalue weighted by Crippen LogP contribution is -2.45. The normalized spacial score (nSPS) is 20.4. The van der Waals surface area contributed by atoms with Gasteiger partial charge in [0.25, 0.3) is 0 Å². The molecular formula is C19H29F2N3O3. The number of aliphatic hydroxyl groups excluding tert-OH is 1. The third-order valence-electron chi connectivity index (χ3n) is 4.50. The average molecular weight is 385 g/mol. The second kappa shape index (κ2) is 10.9. The lowest BCUT2D eigenvalue weighted by atomic mass is 9.93. The number of guanidine groups is 1. The Morgan fingerprint density at radius 3 is 2.63 bits per heavy atom. The van der Waals surface area contributed by atoms with Gasteiger partial charge in [0, 0.05) is 19.1 Å². The van der Waals surface area contributed by atoms with Crippen LogP contribution in [0.2, 0.25) is 0 Å². The van der Waals surface area contributed by atoms with Crippen molar-refractivity contribution in [3.63, 3.8) is 0 Å². The van der Waals surface area contributed by atoms with Crippen LogP contribution in [0.5, 0.6) is 11.5 Å². The fourth-order valence-corrected chi connectivity index (χ4v) is 3.10. The number of methoxy groups -OCH3 is 1. The number of nitrogens with one attached hydrogen (secondary N) is 2. The molecule has 0 radical (unpaired) electrons. The Hall–Kier alpha value is -2.09. The van der Waals surface area contributed by atoms with Crippen molar-refractivity contribution in [1.29, 1.82) is 0 Å². The molecule has 2 rings (SSSR count). The lowest BCUT2D eigenvalue weighted by molar-refractivity contribution is -0.0512. The average Bonchev–Trinajstić information content (AvgIpc) is 2.63. The maximum Gasteiger partial charge on any atom is 0.387 e. The van der Waals surface area contributed by atoms with E-state index in [1.807, 2.05) is 13.0 Å². The Labute approximate surface area is 159 Å². The van der Waals surface area contributed by atoms with Crippen molar-refractivity contribution < 1.29 is 23.4 Å². The molecule has 1 aromatic carbocycles. The van der Waals surface area contributed by atoms with Crippen LogP contribution in [-0.2, 0) is 6.42 Å². The zero-order valence-electron chi connectivity index (χ0n) is 15.9. The first-order valence-electron chi connectivity index (χ1n) is 9.36. The second-order valence-corrected chi connectivity index (χ2v) is 6.52. The fourth-order valence-electron chi connectivity index (χ4n) is 3.10. The number of ether oxygens (including phenoxy) is 2. The van der Waals surface area contributed by atoms with Crippen LogP contribution in [0.4, 0.5) is 8.78 Å². The summed E-state index contributed by atoms with van der Waals surface area (Å²) in [5.74, 6) is 1.04. The molecule has 1 aromatic rings. The summed E-state index contributed by atoms with van der Waals surface area (Å²) >= 11 is 0. The molecule has 0 atom stereocenters. The Morgan fingerprint density at radius 2 is 2.00 bits per heavy atom. The minimum absolute atomic E-state index is 0.0276. The maximum atomic E-state index is 12.5. The Morgan fingerprint density at radius 1 is 1.26 bits per heavy atom. The van der Waals surface area contributed by atoms with Crippen LogP contribution >= 0.6 is 0 Å². The molecule has 0 amide bonds. The quantitative estimate of drug-likeness (QED) is 0.474. The van der Waals surface area contributed by atoms with E-state index in [2.05, 4.69) is 20.4 Å². The fraction of sp³-hybridized carbons (Fsp3) is 0.632. The van der Waals surface area contributed by atoms with Crippen LogP contribution in [0, 0.1) is 0 Å². The van der Waals surface area contributed by atoms with E-state index >= 15 is 0 Å². The van der Waals surface area contributed by atoms with Gasteiger partial charge in [-0.05, 0) is 56.7 Å². The summed E-state index contributed by atoms with van der Waals surface area (Å²) in [6.45, 7) is 0.353. The number of aliphatic hydroxyl groups is 1. The van der Waals surface area contributed by atoms with Gasteiger partial charge in [-0.3, -0.25) is 4.99 Å². The molecule has 8 heteroatoms. The maximum absolute atomic E-state index is 12.5. The summed E-state index contributed by atoms with van der Waals surface area (Å²) in [5.41, 5.74) is 0.840. The van der Waals surface area contributed by atoms with Gasteiger partial charge < -0.3 is 25.2 Å². The third-order valence-corrected chi connectivity index (χ3v) is 4.50. The monoisotopic (exact) mass is 385 g/mol. The summed E-state index contributed by atoms with van der Waals surface area (Å²) in [5, 5.41) is 16.2. The van der Waals surface area contributed by atoms with Crippen molar-refractivity contribution >= 4 is 5.96 Å². The van der Waals surface area contributed by atoms with Crippen LogP contribution in [0.1, 0.15) is 38.2 Å². The van der Waals surface area contributed by atoms with E-state index < -0.39 is 6.61 Å². The Kier molecular flexibility index (Phi) is 8.57. The number of rotatable bonds is 8. The van der Waals surface area contributed by atoms with Crippen molar-refractivity contribution in [3.8, 4) is 11.5 Å². The van der Waals surface area contributed by atoms with Gasteiger partial charge in [0.15, 0.2) is 17.5 Å². The lowest BCUT2D eigenvalue weighted by Gasteiger charge is -2.27. The minimum atomic E-state index is -2.90. The molecule has 27 heavy (non-hydrogen) atoms. The number of benzene rings is 1. The molecule has 0 bridgehead atoms. The first-order valence-corrected chi connectivity index (χ1v) is 9.36. The molecular weight excluding hydrogens is 356 g/mol. The standard InChI is InChI=1S/C19H29F2N3O3/c1-3-22-19(24-14-5-7-15(25)8-6-14)23-11-10-13-4-9-16(26-2)17(12-13)27-18(20)21/h4,9,12,14-15,18,25H,3,5-8,10-11H2,1-2H3,(H2,22,23,24). The van der Waals surface area contributed by atoms with Crippen molar-refractivity contribution in [2.45, 2.75) is 57.8 Å². The summed E-state index contributed by atoms with van der Waals surface area (Å²) in [6.07, 6.45) is 3.83. The summed E-state index contributed by atoms with van der Waals surface area (Å²) in [7, 11) is 1.41. The Balaban J connectivity index is 1.94. The van der Waals surface area contributed by atoms with Crippen LogP contribution in [0.3, 0.4) is 0 Å². The largest absolute Gasteiger partial charge is 0.493 e. The highest BCUT2D eigenvalue weighted by molar-refractivity contribution is 5.80. The van der Waals surface area contributed by atoms with Gasteiger partial charge in [-0.25, -0.2) is 0 Å². The highest BCUT2D eigenvalue weighted by Gasteiger charge is 2.20. The third kappa shape index (κ3) is 7.21. The van der Waals surface area contributed by atoms with E-state index in [1.54, 1.807) is 12.1 Å². The van der Waals surface area contributed by atoms with E-state index in [-0.39, 0.29) is 17.6 Å². The Bertz CT molecular complexity index is 606. The number of aliphatic imine (C=N–C) groups is 1. The topological polar surface area (TPSA) is 75.1 Å². The number of hydrogen-bond acceptors (Lipinski definition) is 4. The summed E-state index contributed by atoms with van der Waals surface area (Å²) < 4.78 is 34.6. The molecule has 1 fully saturated rings. The molecule has 1 saturated carbocycles. The smallest absolute Gasteiger partial charge is 0.387 e. The molecule has 6 nitrogen and oxygen atoms in total. The SMILES string of the molecule is CCNC(=NCCc1ccc(OC)c(OC(F)F)c1)NC1CCC(O)CC1. The molecule has 0 heterocycles. The van der Waals surface area contributed by atoms with Gasteiger partial charge in [-0.1, -0.05) is 6.07 Å². The van der Waals surface area contributed by atoms with Gasteiger partial charge in [0.2, 0.25) is 0 Å². The first-order chi connectivity index (χ1) is 13.0. The van der Waals surface area contributed by atoms with Crippen LogP contribution < -0.4 is 20.1 Å². The molecule has 0 saturated heterocycles. The van der Waals surface area contributed by atoms with E-state index in [9.17, 15) is 13.9 Å². The van der Waals surface area contributed by atoms with E-state index in [4.69, 9.17) is 4.74 Å². The zero-order valence-corrected chi connectivity index (χ0v) is 15.9. The van der Waals surface area contributed by atoms with E-state index in [1.165, 1.54) is 7.11 Å². The van der Waals surface area contributed by atoms with Gasteiger partial charge in [-0.2, -0.15) is 8.78 Å². The van der Waals surface area contributed by atoms with Crippen LogP contribution in [-0.4, -0.2) is 50.0 Å². The molecule has 0 unspecified atom stereocenters. The molecule has 152 valence electrons. The summed E-state index contributed by atoms with van der Waals surface area (Å²) in [6, 6.07) is 5.30. The van der Waals surface area contributed by atoms with Gasteiger partial charge in [0.1, 0.15) is 0 Å². The number of alkyl halides is 2. The molecule has 1 aliphatic rings. The number of nitrogens with zero attached hydrogens (tertiary/aromatic N) is 1. The predicted octanol–water partition coefficient (Wildman–Crippen LogP) is 2.70. The second-order valence-electron chi connectivity index (χ2n) is 6.52. The first kappa shape index (κ1) is 21.2. The highest BCUT2D eigenvalue weighted by Crippen LogP contribution is 2.29. The van der Waals surface area contributed by atoms with Crippen molar-refractivity contribution in [2.75, 3.05) is 20.2 Å². The number of hydrogen-bond donors (Lipinski definition) is 3. The molecule has 0 aromatic heterocycles.